The Morgan fingerprint density at radius 1 is 1.21 bits per heavy atom. The number of carbonyl (C=O) groups is 1. The molecule has 0 saturated carbocycles. The summed E-state index contributed by atoms with van der Waals surface area (Å²) in [7, 11) is 0. The van der Waals surface area contributed by atoms with Crippen LogP contribution in [0.1, 0.15) is 26.7 Å². The smallest absolute Gasteiger partial charge is 0.230 e. The van der Waals surface area contributed by atoms with Crippen molar-refractivity contribution in [1.82, 2.24) is 0 Å². The van der Waals surface area contributed by atoms with E-state index in [1.165, 1.54) is 19.5 Å². The topological polar surface area (TPSA) is 33.5 Å². The minimum Gasteiger partial charge on any atom is -0.334 e. The maximum Gasteiger partial charge on any atom is 0.230 e. The first kappa shape index (κ1) is 14.1. The van der Waals surface area contributed by atoms with E-state index < -0.39 is 0 Å². The van der Waals surface area contributed by atoms with Crippen molar-refractivity contribution in [3.05, 3.63) is 30.3 Å². The van der Waals surface area contributed by atoms with E-state index in [2.05, 4.69) is 19.2 Å². The normalized spacial score (nSPS) is 26.9. The highest BCUT2D eigenvalue weighted by Crippen LogP contribution is 2.12. The molecular weight excluding hydrogens is 236 g/mol. The molecule has 1 amide bonds. The second-order valence-electron chi connectivity index (χ2n) is 6.02. The van der Waals surface area contributed by atoms with Gasteiger partial charge in [0.25, 0.3) is 0 Å². The molecule has 1 fully saturated rings. The Morgan fingerprint density at radius 2 is 1.84 bits per heavy atom. The fourth-order valence-corrected chi connectivity index (χ4v) is 3.16. The predicted molar refractivity (Wildman–Crippen MR) is 78.2 cm³/mol. The molecule has 0 aliphatic carbocycles. The van der Waals surface area contributed by atoms with Crippen molar-refractivity contribution in [2.75, 3.05) is 25.0 Å². The zero-order valence-corrected chi connectivity index (χ0v) is 12.0. The molecule has 1 aliphatic heterocycles. The average Bonchev–Trinajstić information content (AvgIpc) is 2.36. The van der Waals surface area contributed by atoms with Crippen molar-refractivity contribution < 1.29 is 9.69 Å². The standard InChI is InChI=1S/C16H24N2O/c1-13-10-14(2)12-18(11-13)9-8-16(19)17-15-6-4-3-5-7-15/h3-7,13-14H,8-12H2,1-2H3,(H,17,19)/p+1/t13-,14-/m0/s1. The summed E-state index contributed by atoms with van der Waals surface area (Å²) >= 11 is 0. The highest BCUT2D eigenvalue weighted by atomic mass is 16.1. The largest absolute Gasteiger partial charge is 0.334 e. The van der Waals surface area contributed by atoms with Crippen molar-refractivity contribution in [3.63, 3.8) is 0 Å². The lowest BCUT2D eigenvalue weighted by atomic mass is 9.92. The Morgan fingerprint density at radius 3 is 2.47 bits per heavy atom. The van der Waals surface area contributed by atoms with Crippen LogP contribution in [0.2, 0.25) is 0 Å². The Kier molecular flexibility index (Phi) is 4.97. The number of carbonyl (C=O) groups excluding carboxylic acids is 1. The minimum absolute atomic E-state index is 0.129. The molecule has 1 saturated heterocycles. The number of quaternary nitrogens is 1. The molecule has 3 heteroatoms. The van der Waals surface area contributed by atoms with E-state index >= 15 is 0 Å². The molecule has 1 aromatic carbocycles. The number of hydrogen-bond donors (Lipinski definition) is 2. The molecule has 104 valence electrons. The number of hydrogen-bond acceptors (Lipinski definition) is 1. The summed E-state index contributed by atoms with van der Waals surface area (Å²) in [5, 5.41) is 2.95. The first-order valence-corrected chi connectivity index (χ1v) is 7.32. The highest BCUT2D eigenvalue weighted by Gasteiger charge is 2.25. The van der Waals surface area contributed by atoms with E-state index in [0.717, 1.165) is 24.1 Å². The van der Waals surface area contributed by atoms with Crippen LogP contribution in [0.4, 0.5) is 5.69 Å². The Hall–Kier alpha value is -1.35. The van der Waals surface area contributed by atoms with Gasteiger partial charge in [0, 0.05) is 17.5 Å². The van der Waals surface area contributed by atoms with Crippen LogP contribution in [-0.4, -0.2) is 25.5 Å². The minimum atomic E-state index is 0.129. The summed E-state index contributed by atoms with van der Waals surface area (Å²) in [4.78, 5) is 13.5. The van der Waals surface area contributed by atoms with E-state index in [1.807, 2.05) is 30.3 Å². The van der Waals surface area contributed by atoms with Gasteiger partial charge in [0.2, 0.25) is 5.91 Å². The second-order valence-corrected chi connectivity index (χ2v) is 6.02. The molecule has 2 N–H and O–H groups in total. The number of piperidine rings is 1. The summed E-state index contributed by atoms with van der Waals surface area (Å²) < 4.78 is 0. The third-order valence-electron chi connectivity index (χ3n) is 3.84. The molecule has 2 rings (SSSR count). The predicted octanol–water partition coefficient (Wildman–Crippen LogP) is 1.58. The summed E-state index contributed by atoms with van der Waals surface area (Å²) in [5.41, 5.74) is 0.892. The zero-order chi connectivity index (χ0) is 13.7. The number of likely N-dealkylation sites (tertiary alicyclic amines) is 1. The summed E-state index contributed by atoms with van der Waals surface area (Å²) in [5.74, 6) is 1.71. The van der Waals surface area contributed by atoms with Gasteiger partial charge in [-0.1, -0.05) is 32.0 Å². The van der Waals surface area contributed by atoms with Gasteiger partial charge >= 0.3 is 0 Å². The summed E-state index contributed by atoms with van der Waals surface area (Å²) in [6, 6.07) is 9.69. The van der Waals surface area contributed by atoms with Gasteiger partial charge in [-0.2, -0.15) is 0 Å². The van der Waals surface area contributed by atoms with Gasteiger partial charge < -0.3 is 10.2 Å². The van der Waals surface area contributed by atoms with E-state index in [0.29, 0.717) is 6.42 Å². The van der Waals surface area contributed by atoms with Gasteiger partial charge in [-0.15, -0.1) is 0 Å². The highest BCUT2D eigenvalue weighted by molar-refractivity contribution is 5.90. The van der Waals surface area contributed by atoms with Crippen LogP contribution in [0.5, 0.6) is 0 Å². The number of para-hydroxylation sites is 1. The van der Waals surface area contributed by atoms with E-state index in [-0.39, 0.29) is 5.91 Å². The molecule has 0 aromatic heterocycles. The molecule has 3 nitrogen and oxygen atoms in total. The van der Waals surface area contributed by atoms with Gasteiger partial charge in [0.05, 0.1) is 26.1 Å². The van der Waals surface area contributed by atoms with Crippen LogP contribution in [0.3, 0.4) is 0 Å². The molecule has 1 heterocycles. The molecular formula is C16H25N2O+. The van der Waals surface area contributed by atoms with Crippen LogP contribution in [0.15, 0.2) is 30.3 Å². The number of nitrogens with one attached hydrogen (secondary N) is 2. The van der Waals surface area contributed by atoms with Gasteiger partial charge in [-0.05, 0) is 18.6 Å². The number of amides is 1. The third kappa shape index (κ3) is 4.67. The van der Waals surface area contributed by atoms with Gasteiger partial charge in [0.1, 0.15) is 0 Å². The third-order valence-corrected chi connectivity index (χ3v) is 3.84. The Labute approximate surface area is 116 Å². The monoisotopic (exact) mass is 261 g/mol. The van der Waals surface area contributed by atoms with Crippen LogP contribution in [0.25, 0.3) is 0 Å². The van der Waals surface area contributed by atoms with E-state index in [4.69, 9.17) is 0 Å². The average molecular weight is 261 g/mol. The first-order valence-electron chi connectivity index (χ1n) is 7.32. The zero-order valence-electron chi connectivity index (χ0n) is 12.0. The molecule has 1 aromatic rings. The van der Waals surface area contributed by atoms with Gasteiger partial charge in [-0.3, -0.25) is 4.79 Å². The van der Waals surface area contributed by atoms with Crippen LogP contribution in [0, 0.1) is 11.8 Å². The summed E-state index contributed by atoms with van der Waals surface area (Å²) in [6.45, 7) is 8.01. The molecule has 0 bridgehead atoms. The molecule has 2 atom stereocenters. The molecule has 0 spiro atoms. The maximum absolute atomic E-state index is 11.9. The lowest BCUT2D eigenvalue weighted by Gasteiger charge is -2.31. The van der Waals surface area contributed by atoms with Gasteiger partial charge in [0.15, 0.2) is 0 Å². The number of rotatable bonds is 4. The van der Waals surface area contributed by atoms with Gasteiger partial charge in [-0.25, -0.2) is 0 Å². The van der Waals surface area contributed by atoms with Crippen LogP contribution >= 0.6 is 0 Å². The quantitative estimate of drug-likeness (QED) is 0.847. The lowest BCUT2D eigenvalue weighted by molar-refractivity contribution is -0.911. The fraction of sp³-hybridized carbons (Fsp3) is 0.562. The van der Waals surface area contributed by atoms with E-state index in [1.54, 1.807) is 4.90 Å². The van der Waals surface area contributed by atoms with Crippen LogP contribution < -0.4 is 10.2 Å². The van der Waals surface area contributed by atoms with Crippen molar-refractivity contribution in [1.29, 1.82) is 0 Å². The molecule has 0 radical (unpaired) electrons. The fourth-order valence-electron chi connectivity index (χ4n) is 3.16. The molecule has 0 unspecified atom stereocenters. The van der Waals surface area contributed by atoms with Crippen LogP contribution in [-0.2, 0) is 4.79 Å². The van der Waals surface area contributed by atoms with Crippen molar-refractivity contribution >= 4 is 11.6 Å². The lowest BCUT2D eigenvalue weighted by Crippen LogP contribution is -3.14. The number of anilines is 1. The van der Waals surface area contributed by atoms with Crippen molar-refractivity contribution in [2.24, 2.45) is 11.8 Å². The van der Waals surface area contributed by atoms with Crippen molar-refractivity contribution in [2.45, 2.75) is 26.7 Å². The second kappa shape index (κ2) is 6.71. The Bertz CT molecular complexity index is 394. The van der Waals surface area contributed by atoms with E-state index in [9.17, 15) is 4.79 Å². The first-order chi connectivity index (χ1) is 9.13. The van der Waals surface area contributed by atoms with Crippen molar-refractivity contribution in [3.8, 4) is 0 Å². The maximum atomic E-state index is 11.9. The number of benzene rings is 1. The molecule has 19 heavy (non-hydrogen) atoms. The Balaban J connectivity index is 1.74. The summed E-state index contributed by atoms with van der Waals surface area (Å²) in [6.07, 6.45) is 1.95. The SMILES string of the molecule is C[C@H]1C[C@H](C)C[NH+](CCC(=O)Nc2ccccc2)C1. The molecule has 1 aliphatic rings.